The van der Waals surface area contributed by atoms with Gasteiger partial charge in [-0.1, -0.05) is 20.8 Å². The molecule has 2 aliphatic carbocycles. The Bertz CT molecular complexity index is 1100. The van der Waals surface area contributed by atoms with E-state index in [4.69, 9.17) is 13.8 Å². The molecule has 0 aromatic heterocycles. The molecule has 1 heterocycles. The maximum Gasteiger partial charge on any atom is 0.408 e. The third kappa shape index (κ3) is 4.90. The zero-order valence-corrected chi connectivity index (χ0v) is 25.1. The van der Waals surface area contributed by atoms with Crippen LogP contribution in [0.4, 0.5) is 13.6 Å². The highest BCUT2D eigenvalue weighted by atomic mass is 32.2. The summed E-state index contributed by atoms with van der Waals surface area (Å²) in [6.45, 7) is 11.5. The Kier molecular flexibility index (Phi) is 8.18. The zero-order valence-electron chi connectivity index (χ0n) is 23.4. The summed E-state index contributed by atoms with van der Waals surface area (Å²) in [4.78, 5) is 26.7. The van der Waals surface area contributed by atoms with E-state index in [-0.39, 0.29) is 30.3 Å². The predicted molar refractivity (Wildman–Crippen MR) is 136 cm³/mol. The minimum Gasteiger partial charge on any atom is -0.444 e. The summed E-state index contributed by atoms with van der Waals surface area (Å²) in [7, 11) is -9.32. The molecule has 0 unspecified atom stereocenters. The standard InChI is InChI=1S/C24H41F2N2O8PS/c1-9-34-37(31,35-10-2)24(25,26)15(3)18(27-20(30)36-21(4,5)6)19(29)28-17-13-16-11-12-23(17,22(16,7)8)14-38(28,32)33/h15-18H,9-14H2,1-8H3,(H,27,30)/t15-,16-,17+,18-,23-/m1/s1. The molecule has 3 aliphatic rings. The molecule has 3 rings (SSSR count). The number of nitrogens with zero attached hydrogens (tertiary/aromatic N) is 1. The van der Waals surface area contributed by atoms with Crippen LogP contribution in [0, 0.1) is 22.7 Å². The van der Waals surface area contributed by atoms with Gasteiger partial charge in [0.05, 0.1) is 30.9 Å². The van der Waals surface area contributed by atoms with E-state index in [0.29, 0.717) is 17.1 Å². The fourth-order valence-corrected chi connectivity index (χ4v) is 10.9. The molecule has 0 aromatic carbocycles. The fourth-order valence-electron chi connectivity index (χ4n) is 6.55. The summed E-state index contributed by atoms with van der Waals surface area (Å²) in [5, 5.41) is 2.16. The molecule has 1 N–H and O–H groups in total. The van der Waals surface area contributed by atoms with E-state index in [1.54, 1.807) is 20.8 Å². The molecule has 1 spiro atoms. The van der Waals surface area contributed by atoms with Gasteiger partial charge in [0.15, 0.2) is 0 Å². The lowest BCUT2D eigenvalue weighted by atomic mass is 9.69. The first-order valence-electron chi connectivity index (χ1n) is 13.0. The third-order valence-corrected chi connectivity index (χ3v) is 12.8. The molecular formula is C24H41F2N2O8PS. The molecule has 1 saturated heterocycles. The van der Waals surface area contributed by atoms with Crippen LogP contribution in [0.15, 0.2) is 0 Å². The molecule has 0 aromatic rings. The maximum absolute atomic E-state index is 15.8. The van der Waals surface area contributed by atoms with Crippen molar-refractivity contribution in [3.8, 4) is 0 Å². The second-order valence-electron chi connectivity index (χ2n) is 12.1. The van der Waals surface area contributed by atoms with Gasteiger partial charge < -0.3 is 19.1 Å². The number of rotatable bonds is 9. The lowest BCUT2D eigenvalue weighted by Crippen LogP contribution is -2.58. The van der Waals surface area contributed by atoms with Gasteiger partial charge in [-0.25, -0.2) is 17.5 Å². The Labute approximate surface area is 224 Å². The second-order valence-corrected chi connectivity index (χ2v) is 16.0. The largest absolute Gasteiger partial charge is 0.444 e. The van der Waals surface area contributed by atoms with Crippen LogP contribution in [0.2, 0.25) is 0 Å². The summed E-state index contributed by atoms with van der Waals surface area (Å²) in [5.41, 5.74) is -6.37. The fraction of sp³-hybridized carbons (Fsp3) is 0.917. The molecule has 3 fully saturated rings. The van der Waals surface area contributed by atoms with Crippen LogP contribution < -0.4 is 5.32 Å². The summed E-state index contributed by atoms with van der Waals surface area (Å²) in [6, 6.07) is -2.82. The van der Waals surface area contributed by atoms with Crippen molar-refractivity contribution < 1.29 is 45.1 Å². The first-order chi connectivity index (χ1) is 17.2. The molecule has 2 saturated carbocycles. The molecule has 220 valence electrons. The number of halogens is 2. The minimum absolute atomic E-state index is 0.172. The molecule has 2 bridgehead atoms. The van der Waals surface area contributed by atoms with E-state index in [2.05, 4.69) is 5.32 Å². The quantitative estimate of drug-likeness (QED) is 0.384. The zero-order chi connectivity index (χ0) is 29.1. The van der Waals surface area contributed by atoms with Crippen LogP contribution in [-0.2, 0) is 33.2 Å². The number of fused-ring (bicyclic) bond motifs is 1. The summed E-state index contributed by atoms with van der Waals surface area (Å²) in [5.74, 6) is -3.50. The third-order valence-electron chi connectivity index (χ3n) is 8.58. The summed E-state index contributed by atoms with van der Waals surface area (Å²) >= 11 is 0. The number of hydrogen-bond donors (Lipinski definition) is 1. The van der Waals surface area contributed by atoms with E-state index in [0.717, 1.165) is 13.3 Å². The predicted octanol–water partition coefficient (Wildman–Crippen LogP) is 4.74. The number of sulfonamides is 1. The first-order valence-corrected chi connectivity index (χ1v) is 16.2. The number of amides is 2. The molecule has 2 amide bonds. The number of ether oxygens (including phenoxy) is 1. The van der Waals surface area contributed by atoms with Crippen LogP contribution in [0.25, 0.3) is 0 Å². The van der Waals surface area contributed by atoms with Crippen molar-refractivity contribution in [1.82, 2.24) is 9.62 Å². The molecular weight excluding hydrogens is 545 g/mol. The van der Waals surface area contributed by atoms with E-state index in [1.165, 1.54) is 13.8 Å². The van der Waals surface area contributed by atoms with Gasteiger partial charge in [-0.15, -0.1) is 0 Å². The van der Waals surface area contributed by atoms with Crippen molar-refractivity contribution in [2.45, 2.75) is 98.0 Å². The van der Waals surface area contributed by atoms with Gasteiger partial charge in [0, 0.05) is 5.41 Å². The van der Waals surface area contributed by atoms with Gasteiger partial charge in [0.2, 0.25) is 10.0 Å². The van der Waals surface area contributed by atoms with Crippen molar-refractivity contribution in [3.63, 3.8) is 0 Å². The Morgan fingerprint density at radius 3 is 2.18 bits per heavy atom. The highest BCUT2D eigenvalue weighted by Crippen LogP contribution is 2.70. The van der Waals surface area contributed by atoms with Crippen LogP contribution in [0.3, 0.4) is 0 Å². The number of carbonyl (C=O) groups is 2. The Hall–Kier alpha value is -1.30. The Morgan fingerprint density at radius 1 is 1.16 bits per heavy atom. The number of nitrogens with one attached hydrogen (secondary N) is 1. The van der Waals surface area contributed by atoms with Gasteiger partial charge in [0.1, 0.15) is 11.6 Å². The van der Waals surface area contributed by atoms with Crippen molar-refractivity contribution in [2.75, 3.05) is 19.0 Å². The molecule has 10 nitrogen and oxygen atoms in total. The molecule has 38 heavy (non-hydrogen) atoms. The summed E-state index contributed by atoms with van der Waals surface area (Å²) in [6.07, 6.45) is 0.637. The second kappa shape index (κ2) is 9.96. The lowest BCUT2D eigenvalue weighted by molar-refractivity contribution is -0.135. The molecule has 0 radical (unpaired) electrons. The van der Waals surface area contributed by atoms with E-state index < -0.39 is 64.3 Å². The Balaban J connectivity index is 2.06. The van der Waals surface area contributed by atoms with Crippen LogP contribution >= 0.6 is 7.60 Å². The number of alkyl carbamates (subject to hydrolysis) is 1. The molecule has 14 heteroatoms. The van der Waals surface area contributed by atoms with Crippen molar-refractivity contribution >= 4 is 29.6 Å². The number of carbonyl (C=O) groups excluding carboxylic acids is 2. The van der Waals surface area contributed by atoms with Crippen molar-refractivity contribution in [1.29, 1.82) is 0 Å². The van der Waals surface area contributed by atoms with Gasteiger partial charge >= 0.3 is 19.4 Å². The van der Waals surface area contributed by atoms with Gasteiger partial charge in [0.25, 0.3) is 5.91 Å². The van der Waals surface area contributed by atoms with E-state index in [1.807, 2.05) is 13.8 Å². The average Bonchev–Trinajstić information content (AvgIpc) is 3.23. The SMILES string of the molecule is CCOP(=O)(OCC)C(F)(F)[C@H](C)[C@@H](NC(=O)OC(C)(C)C)C(=O)N1[C@H]2C[C@H]3CC[C@]2(CS1(=O)=O)C3(C)C. The van der Waals surface area contributed by atoms with Crippen LogP contribution in [-0.4, -0.2) is 67.0 Å². The topological polar surface area (TPSA) is 128 Å². The molecule has 1 aliphatic heterocycles. The smallest absolute Gasteiger partial charge is 0.408 e. The van der Waals surface area contributed by atoms with Crippen LogP contribution in [0.5, 0.6) is 0 Å². The average molecular weight is 587 g/mol. The van der Waals surface area contributed by atoms with Gasteiger partial charge in [-0.2, -0.15) is 8.78 Å². The number of hydrogen-bond acceptors (Lipinski definition) is 8. The monoisotopic (exact) mass is 586 g/mol. The molecule has 5 atom stereocenters. The first kappa shape index (κ1) is 31.2. The normalized spacial score (nSPS) is 29.6. The Morgan fingerprint density at radius 2 is 1.71 bits per heavy atom. The highest BCUT2D eigenvalue weighted by Gasteiger charge is 2.73. The maximum atomic E-state index is 15.8. The van der Waals surface area contributed by atoms with Gasteiger partial charge in [-0.05, 0) is 65.2 Å². The highest BCUT2D eigenvalue weighted by molar-refractivity contribution is 7.90. The summed E-state index contributed by atoms with van der Waals surface area (Å²) < 4.78 is 87.4. The van der Waals surface area contributed by atoms with Gasteiger partial charge in [-0.3, -0.25) is 9.36 Å². The van der Waals surface area contributed by atoms with Crippen molar-refractivity contribution in [3.05, 3.63) is 0 Å². The van der Waals surface area contributed by atoms with E-state index >= 15 is 8.78 Å². The van der Waals surface area contributed by atoms with Crippen LogP contribution in [0.1, 0.15) is 74.7 Å². The number of alkyl halides is 2. The lowest BCUT2D eigenvalue weighted by Gasteiger charge is -2.39. The van der Waals surface area contributed by atoms with Crippen molar-refractivity contribution in [2.24, 2.45) is 22.7 Å². The van der Waals surface area contributed by atoms with E-state index in [9.17, 15) is 22.6 Å². The minimum atomic E-state index is -5.12.